The van der Waals surface area contributed by atoms with Crippen molar-refractivity contribution in [3.63, 3.8) is 0 Å². The Bertz CT molecular complexity index is 1480. The molecule has 5 rings (SSSR count). The molecule has 0 aromatic heterocycles. The van der Waals surface area contributed by atoms with Gasteiger partial charge in [0.2, 0.25) is 0 Å². The zero-order valence-electron chi connectivity index (χ0n) is 22.1. The molecule has 0 fully saturated rings. The monoisotopic (exact) mass is 678 g/mol. The summed E-state index contributed by atoms with van der Waals surface area (Å²) in [5.41, 5.74) is 6.09. The van der Waals surface area contributed by atoms with Crippen molar-refractivity contribution in [1.29, 1.82) is 0 Å². The summed E-state index contributed by atoms with van der Waals surface area (Å²) in [5.74, 6) is -0.377. The Hall–Kier alpha value is -3.62. The lowest BCUT2D eigenvalue weighted by Crippen LogP contribution is -2.28. The predicted molar refractivity (Wildman–Crippen MR) is 164 cm³/mol. The normalized spacial score (nSPS) is 12.8. The third-order valence-corrected chi connectivity index (χ3v) is 8.51. The largest absolute Gasteiger partial charge is 0.492 e. The van der Waals surface area contributed by atoms with Crippen molar-refractivity contribution in [1.82, 2.24) is 0 Å². The molecular weight excluding hydrogens is 652 g/mol. The van der Waals surface area contributed by atoms with E-state index in [4.69, 9.17) is 19.7 Å². The van der Waals surface area contributed by atoms with Crippen molar-refractivity contribution in [3.05, 3.63) is 116 Å². The van der Waals surface area contributed by atoms with Gasteiger partial charge in [-0.2, -0.15) is 0 Å². The molecular formula is C33H28Br2O6. The molecule has 0 unspecified atom stereocenters. The molecule has 0 radical (unpaired) electrons. The topological polar surface area (TPSA) is 93.1 Å². The van der Waals surface area contributed by atoms with Crippen LogP contribution in [-0.4, -0.2) is 35.4 Å². The fourth-order valence-electron chi connectivity index (χ4n) is 5.54. The Labute approximate surface area is 255 Å². The van der Waals surface area contributed by atoms with Crippen LogP contribution in [0, 0.1) is 0 Å². The highest BCUT2D eigenvalue weighted by Gasteiger charge is 2.46. The molecule has 0 saturated carbocycles. The van der Waals surface area contributed by atoms with E-state index in [0.29, 0.717) is 37.6 Å². The molecule has 0 saturated heterocycles. The molecule has 210 valence electrons. The highest BCUT2D eigenvalue weighted by molar-refractivity contribution is 9.10. The molecule has 0 amide bonds. The van der Waals surface area contributed by atoms with E-state index in [-0.39, 0.29) is 12.8 Å². The van der Waals surface area contributed by atoms with Gasteiger partial charge in [-0.05, 0) is 102 Å². The Kier molecular flexibility index (Phi) is 8.80. The zero-order chi connectivity index (χ0) is 29.0. The first-order valence-electron chi connectivity index (χ1n) is 13.3. The number of ether oxygens (including phenoxy) is 2. The molecule has 0 bridgehead atoms. The fraction of sp³-hybridized carbons (Fsp3) is 0.212. The van der Waals surface area contributed by atoms with Gasteiger partial charge in [0.1, 0.15) is 11.5 Å². The minimum absolute atomic E-state index is 0.0561. The maximum atomic E-state index is 10.9. The molecule has 8 heteroatoms. The number of rotatable bonds is 12. The molecule has 4 aromatic rings. The van der Waals surface area contributed by atoms with Crippen molar-refractivity contribution in [2.75, 3.05) is 13.2 Å². The van der Waals surface area contributed by atoms with E-state index in [9.17, 15) is 9.59 Å². The number of hydrogen-bond acceptors (Lipinski definition) is 4. The smallest absolute Gasteiger partial charge is 0.303 e. The second kappa shape index (κ2) is 12.5. The number of hydrogen-bond donors (Lipinski definition) is 2. The van der Waals surface area contributed by atoms with Crippen LogP contribution in [-0.2, 0) is 15.0 Å². The molecule has 6 nitrogen and oxygen atoms in total. The van der Waals surface area contributed by atoms with E-state index in [1.807, 2.05) is 12.1 Å². The summed E-state index contributed by atoms with van der Waals surface area (Å²) in [7, 11) is 0. The Morgan fingerprint density at radius 3 is 1.44 bits per heavy atom. The van der Waals surface area contributed by atoms with Crippen LogP contribution in [0.3, 0.4) is 0 Å². The second-order valence-corrected chi connectivity index (χ2v) is 11.5. The first-order valence-corrected chi connectivity index (χ1v) is 14.9. The van der Waals surface area contributed by atoms with Gasteiger partial charge in [0.15, 0.2) is 0 Å². The Morgan fingerprint density at radius 1 is 0.634 bits per heavy atom. The highest BCUT2D eigenvalue weighted by Crippen LogP contribution is 2.57. The van der Waals surface area contributed by atoms with Gasteiger partial charge >= 0.3 is 11.9 Å². The lowest BCUT2D eigenvalue weighted by Gasteiger charge is -2.34. The summed E-state index contributed by atoms with van der Waals surface area (Å²) in [5, 5.41) is 17.9. The molecule has 0 heterocycles. The van der Waals surface area contributed by atoms with Crippen LogP contribution in [0.25, 0.3) is 11.1 Å². The maximum Gasteiger partial charge on any atom is 0.303 e. The maximum absolute atomic E-state index is 10.9. The van der Waals surface area contributed by atoms with Gasteiger partial charge in [0.05, 0.1) is 27.6 Å². The Morgan fingerprint density at radius 2 is 1.05 bits per heavy atom. The van der Waals surface area contributed by atoms with Crippen LogP contribution in [0.4, 0.5) is 0 Å². The summed E-state index contributed by atoms with van der Waals surface area (Å²) in [6, 6.07) is 29.0. The van der Waals surface area contributed by atoms with Gasteiger partial charge in [0.25, 0.3) is 0 Å². The molecule has 0 aliphatic heterocycles. The van der Waals surface area contributed by atoms with E-state index in [1.165, 1.54) is 11.1 Å². The molecule has 2 N–H and O–H groups in total. The number of carbonyl (C=O) groups is 2. The molecule has 1 aliphatic rings. The van der Waals surface area contributed by atoms with Crippen LogP contribution < -0.4 is 9.47 Å². The summed E-state index contributed by atoms with van der Waals surface area (Å²) < 4.78 is 13.4. The number of aliphatic carboxylic acids is 2. The molecule has 0 spiro atoms. The molecule has 0 atom stereocenters. The average Bonchev–Trinajstić information content (AvgIpc) is 3.26. The van der Waals surface area contributed by atoms with Crippen molar-refractivity contribution in [3.8, 4) is 22.6 Å². The summed E-state index contributed by atoms with van der Waals surface area (Å²) >= 11 is 7.42. The number of halogens is 2. The number of carboxylic acids is 2. The standard InChI is InChI=1S/C33H28Br2O6/c34-27-19-21(13-15-29(27)40-17-5-11-31(36)37)33(22-14-16-30(28(35)20-22)41-18-6-12-32(38)39)25-9-3-1-7-23(25)24-8-2-4-10-26(24)33/h1-4,7-10,13-16,19-20H,5-6,11-12,17-18H2,(H,36,37)(H,38,39). The van der Waals surface area contributed by atoms with Gasteiger partial charge in [0, 0.05) is 12.8 Å². The molecule has 41 heavy (non-hydrogen) atoms. The van der Waals surface area contributed by atoms with Crippen LogP contribution >= 0.6 is 31.9 Å². The van der Waals surface area contributed by atoms with Crippen LogP contribution in [0.2, 0.25) is 0 Å². The minimum atomic E-state index is -0.841. The fourth-order valence-corrected chi connectivity index (χ4v) is 6.52. The third kappa shape index (κ3) is 5.76. The Balaban J connectivity index is 1.59. The summed E-state index contributed by atoms with van der Waals surface area (Å²) in [6.07, 6.45) is 0.959. The lowest BCUT2D eigenvalue weighted by atomic mass is 9.67. The van der Waals surface area contributed by atoms with Gasteiger partial charge in [-0.3, -0.25) is 9.59 Å². The van der Waals surface area contributed by atoms with Crippen molar-refractivity contribution >= 4 is 43.8 Å². The zero-order valence-corrected chi connectivity index (χ0v) is 25.3. The predicted octanol–water partition coefficient (Wildman–Crippen LogP) is 8.06. The van der Waals surface area contributed by atoms with E-state index < -0.39 is 17.4 Å². The SMILES string of the molecule is O=C(O)CCCOc1ccc(C2(c3ccc(OCCCC(=O)O)c(Br)c3)c3ccccc3-c3ccccc32)cc1Br. The van der Waals surface area contributed by atoms with Gasteiger partial charge < -0.3 is 19.7 Å². The molecule has 4 aromatic carbocycles. The minimum Gasteiger partial charge on any atom is -0.492 e. The number of benzene rings is 4. The van der Waals surface area contributed by atoms with Crippen molar-refractivity contribution < 1.29 is 29.3 Å². The second-order valence-electron chi connectivity index (χ2n) is 9.82. The average molecular weight is 680 g/mol. The summed E-state index contributed by atoms with van der Waals surface area (Å²) in [6.45, 7) is 0.615. The van der Waals surface area contributed by atoms with E-state index >= 15 is 0 Å². The van der Waals surface area contributed by atoms with Crippen molar-refractivity contribution in [2.45, 2.75) is 31.1 Å². The van der Waals surface area contributed by atoms with Crippen LogP contribution in [0.15, 0.2) is 93.9 Å². The van der Waals surface area contributed by atoms with Gasteiger partial charge in [-0.25, -0.2) is 0 Å². The first-order chi connectivity index (χ1) is 19.8. The van der Waals surface area contributed by atoms with Crippen LogP contribution in [0.5, 0.6) is 11.5 Å². The highest BCUT2D eigenvalue weighted by atomic mass is 79.9. The number of carboxylic acid groups (broad SMARTS) is 2. The van der Waals surface area contributed by atoms with E-state index in [1.54, 1.807) is 0 Å². The van der Waals surface area contributed by atoms with Gasteiger partial charge in [-0.15, -0.1) is 0 Å². The van der Waals surface area contributed by atoms with E-state index in [0.717, 1.165) is 31.2 Å². The van der Waals surface area contributed by atoms with Gasteiger partial charge in [-0.1, -0.05) is 60.7 Å². The first kappa shape index (κ1) is 28.9. The van der Waals surface area contributed by atoms with Crippen LogP contribution in [0.1, 0.15) is 47.9 Å². The summed E-state index contributed by atoms with van der Waals surface area (Å²) in [4.78, 5) is 21.8. The number of fused-ring (bicyclic) bond motifs is 3. The van der Waals surface area contributed by atoms with E-state index in [2.05, 4.69) is 105 Å². The quantitative estimate of drug-likeness (QED) is 0.130. The lowest BCUT2D eigenvalue weighted by molar-refractivity contribution is -0.138. The molecule has 1 aliphatic carbocycles. The van der Waals surface area contributed by atoms with Crippen molar-refractivity contribution in [2.24, 2.45) is 0 Å². The third-order valence-electron chi connectivity index (χ3n) is 7.27.